The Hall–Kier alpha value is -1.18. The summed E-state index contributed by atoms with van der Waals surface area (Å²) in [6.45, 7) is 0. The molecule has 0 spiro atoms. The summed E-state index contributed by atoms with van der Waals surface area (Å²) >= 11 is 4.99. The standard InChI is InChI=1S/C15H19N3OS3/c1-16-15(19)18-22-8-7-20-10-13-11-21-14(17-13)9-12-5-3-2-4-6-12/h2-6,11H,7-10H2,1H3,(H2,16,18,19). The minimum atomic E-state index is -0.153. The second kappa shape index (κ2) is 9.76. The predicted octanol–water partition coefficient (Wildman–Crippen LogP) is 3.54. The van der Waals surface area contributed by atoms with Crippen LogP contribution in [0.15, 0.2) is 35.7 Å². The smallest absolute Gasteiger partial charge is 0.324 e. The van der Waals surface area contributed by atoms with Crippen LogP contribution in [0, 0.1) is 0 Å². The largest absolute Gasteiger partial charge is 0.341 e. The monoisotopic (exact) mass is 353 g/mol. The van der Waals surface area contributed by atoms with Crippen molar-refractivity contribution in [3.8, 4) is 0 Å². The molecule has 0 bridgehead atoms. The number of hydrogen-bond donors (Lipinski definition) is 2. The van der Waals surface area contributed by atoms with Crippen LogP contribution in [0.5, 0.6) is 0 Å². The third-order valence-electron chi connectivity index (χ3n) is 2.77. The highest BCUT2D eigenvalue weighted by Crippen LogP contribution is 2.19. The molecule has 2 N–H and O–H groups in total. The lowest BCUT2D eigenvalue weighted by Gasteiger charge is -2.02. The molecule has 7 heteroatoms. The zero-order valence-corrected chi connectivity index (χ0v) is 14.8. The molecule has 0 unspecified atom stereocenters. The van der Waals surface area contributed by atoms with E-state index >= 15 is 0 Å². The minimum Gasteiger partial charge on any atom is -0.341 e. The zero-order valence-electron chi connectivity index (χ0n) is 12.4. The molecule has 4 nitrogen and oxygen atoms in total. The maximum absolute atomic E-state index is 11.0. The van der Waals surface area contributed by atoms with Gasteiger partial charge in [0.15, 0.2) is 0 Å². The molecule has 0 aliphatic rings. The van der Waals surface area contributed by atoms with E-state index < -0.39 is 0 Å². The van der Waals surface area contributed by atoms with Crippen molar-refractivity contribution < 1.29 is 4.79 Å². The lowest BCUT2D eigenvalue weighted by atomic mass is 10.2. The van der Waals surface area contributed by atoms with E-state index in [1.165, 1.54) is 17.5 Å². The maximum Gasteiger partial charge on any atom is 0.324 e. The summed E-state index contributed by atoms with van der Waals surface area (Å²) in [6.07, 6.45) is 0.905. The molecule has 0 aliphatic heterocycles. The number of amides is 2. The van der Waals surface area contributed by atoms with Crippen molar-refractivity contribution in [3.05, 3.63) is 52.0 Å². The minimum absolute atomic E-state index is 0.153. The summed E-state index contributed by atoms with van der Waals surface area (Å²) in [7, 11) is 1.61. The molecule has 0 radical (unpaired) electrons. The number of rotatable bonds is 8. The zero-order chi connectivity index (χ0) is 15.6. The molecule has 2 rings (SSSR count). The number of nitrogens with one attached hydrogen (secondary N) is 2. The molecule has 118 valence electrons. The van der Waals surface area contributed by atoms with E-state index in [4.69, 9.17) is 0 Å². The Kier molecular flexibility index (Phi) is 7.62. The SMILES string of the molecule is CNC(=O)NSCCSCc1csc(Cc2ccccc2)n1. The molecule has 2 aromatic rings. The Labute approximate surface area is 143 Å². The maximum atomic E-state index is 11.0. The summed E-state index contributed by atoms with van der Waals surface area (Å²) in [5, 5.41) is 5.82. The van der Waals surface area contributed by atoms with Gasteiger partial charge in [-0.3, -0.25) is 4.72 Å². The molecule has 0 fully saturated rings. The number of hydrogen-bond acceptors (Lipinski definition) is 5. The molecule has 22 heavy (non-hydrogen) atoms. The van der Waals surface area contributed by atoms with Gasteiger partial charge < -0.3 is 5.32 Å². The van der Waals surface area contributed by atoms with Crippen molar-refractivity contribution in [2.45, 2.75) is 12.2 Å². The lowest BCUT2D eigenvalue weighted by Crippen LogP contribution is -2.27. The summed E-state index contributed by atoms with van der Waals surface area (Å²) in [5.41, 5.74) is 2.44. The Bertz CT molecular complexity index is 574. The van der Waals surface area contributed by atoms with Gasteiger partial charge in [-0.15, -0.1) is 11.3 Å². The summed E-state index contributed by atoms with van der Waals surface area (Å²) in [6, 6.07) is 10.3. The number of urea groups is 1. The number of carbonyl (C=O) groups is 1. The van der Waals surface area contributed by atoms with Crippen molar-refractivity contribution in [1.82, 2.24) is 15.0 Å². The van der Waals surface area contributed by atoms with E-state index in [0.29, 0.717) is 0 Å². The van der Waals surface area contributed by atoms with Gasteiger partial charge in [0.1, 0.15) is 0 Å². The molecule has 0 aliphatic carbocycles. The number of aromatic nitrogens is 1. The van der Waals surface area contributed by atoms with E-state index in [-0.39, 0.29) is 6.03 Å². The van der Waals surface area contributed by atoms with E-state index in [1.807, 2.05) is 17.8 Å². The van der Waals surface area contributed by atoms with Gasteiger partial charge in [0, 0.05) is 36.1 Å². The van der Waals surface area contributed by atoms with Crippen LogP contribution in [0.2, 0.25) is 0 Å². The van der Waals surface area contributed by atoms with Crippen LogP contribution in [0.4, 0.5) is 4.79 Å². The van der Waals surface area contributed by atoms with Gasteiger partial charge in [0.05, 0.1) is 10.7 Å². The second-order valence-corrected chi connectivity index (χ2v) is 7.43. The van der Waals surface area contributed by atoms with E-state index in [0.717, 1.165) is 34.4 Å². The highest BCUT2D eigenvalue weighted by atomic mass is 32.2. The number of thioether (sulfide) groups is 1. The fourth-order valence-corrected chi connectivity index (χ4v) is 4.29. The van der Waals surface area contributed by atoms with Gasteiger partial charge in [0.25, 0.3) is 0 Å². The van der Waals surface area contributed by atoms with Crippen LogP contribution >= 0.6 is 35.0 Å². The van der Waals surface area contributed by atoms with Crippen LogP contribution in [0.1, 0.15) is 16.3 Å². The van der Waals surface area contributed by atoms with Crippen LogP contribution in [-0.2, 0) is 12.2 Å². The first-order valence-corrected chi connectivity index (χ1v) is 9.94. The van der Waals surface area contributed by atoms with Crippen LogP contribution < -0.4 is 10.0 Å². The summed E-state index contributed by atoms with van der Waals surface area (Å²) in [4.78, 5) is 15.6. The van der Waals surface area contributed by atoms with Crippen molar-refractivity contribution in [2.75, 3.05) is 18.6 Å². The molecular weight excluding hydrogens is 334 g/mol. The molecule has 0 saturated carbocycles. The number of nitrogens with zero attached hydrogens (tertiary/aromatic N) is 1. The normalized spacial score (nSPS) is 10.4. The highest BCUT2D eigenvalue weighted by molar-refractivity contribution is 8.01. The molecule has 0 atom stereocenters. The molecule has 1 aromatic heterocycles. The quantitative estimate of drug-likeness (QED) is 0.563. The fourth-order valence-electron chi connectivity index (χ4n) is 1.71. The third kappa shape index (κ3) is 6.29. The van der Waals surface area contributed by atoms with Crippen molar-refractivity contribution in [3.63, 3.8) is 0 Å². The summed E-state index contributed by atoms with van der Waals surface area (Å²) < 4.78 is 2.70. The fraction of sp³-hybridized carbons (Fsp3) is 0.333. The summed E-state index contributed by atoms with van der Waals surface area (Å²) in [5.74, 6) is 2.80. The first kappa shape index (κ1) is 17.2. The van der Waals surface area contributed by atoms with E-state index in [1.54, 1.807) is 18.4 Å². The number of benzene rings is 1. The van der Waals surface area contributed by atoms with Gasteiger partial charge in [-0.1, -0.05) is 30.3 Å². The van der Waals surface area contributed by atoms with Crippen LogP contribution in [-0.4, -0.2) is 29.6 Å². The van der Waals surface area contributed by atoms with Gasteiger partial charge in [-0.2, -0.15) is 11.8 Å². The predicted molar refractivity (Wildman–Crippen MR) is 97.6 cm³/mol. The van der Waals surface area contributed by atoms with Gasteiger partial charge >= 0.3 is 6.03 Å². The second-order valence-electron chi connectivity index (χ2n) is 4.48. The number of thiazole rings is 1. The third-order valence-corrected chi connectivity index (χ3v) is 5.66. The Morgan fingerprint density at radius 1 is 1.27 bits per heavy atom. The Morgan fingerprint density at radius 2 is 2.09 bits per heavy atom. The topological polar surface area (TPSA) is 54.0 Å². The van der Waals surface area contributed by atoms with E-state index in [9.17, 15) is 4.79 Å². The molecule has 1 aromatic carbocycles. The highest BCUT2D eigenvalue weighted by Gasteiger charge is 2.03. The molecular formula is C15H19N3OS3. The molecule has 2 amide bonds. The van der Waals surface area contributed by atoms with Gasteiger partial charge in [-0.25, -0.2) is 9.78 Å². The van der Waals surface area contributed by atoms with Crippen LogP contribution in [0.3, 0.4) is 0 Å². The molecule has 1 heterocycles. The molecule has 0 saturated heterocycles. The first-order chi connectivity index (χ1) is 10.8. The average molecular weight is 354 g/mol. The Morgan fingerprint density at radius 3 is 2.86 bits per heavy atom. The van der Waals surface area contributed by atoms with Crippen molar-refractivity contribution in [2.24, 2.45) is 0 Å². The van der Waals surface area contributed by atoms with Crippen molar-refractivity contribution in [1.29, 1.82) is 0 Å². The Balaban J connectivity index is 1.64. The average Bonchev–Trinajstić information content (AvgIpc) is 2.98. The van der Waals surface area contributed by atoms with E-state index in [2.05, 4.69) is 44.7 Å². The van der Waals surface area contributed by atoms with Crippen LogP contribution in [0.25, 0.3) is 0 Å². The number of carbonyl (C=O) groups excluding carboxylic acids is 1. The van der Waals surface area contributed by atoms with Crippen molar-refractivity contribution >= 4 is 41.1 Å². The first-order valence-electron chi connectivity index (χ1n) is 6.92. The van der Waals surface area contributed by atoms with Gasteiger partial charge in [-0.05, 0) is 17.5 Å². The lowest BCUT2D eigenvalue weighted by molar-refractivity contribution is 0.248. The van der Waals surface area contributed by atoms with Gasteiger partial charge in [0.2, 0.25) is 0 Å².